The number of nitrogens with zero attached hydrogens (tertiary/aromatic N) is 4. The van der Waals surface area contributed by atoms with E-state index in [9.17, 15) is 46.5 Å². The van der Waals surface area contributed by atoms with Gasteiger partial charge in [-0.05, 0) is 24.8 Å². The highest BCUT2D eigenvalue weighted by Crippen LogP contribution is 2.50. The molecule has 0 unspecified atom stereocenters. The molecule has 1 aliphatic heterocycles. The Bertz CT molecular complexity index is 1260. The highest BCUT2D eigenvalue weighted by atomic mass is 19.4. The van der Waals surface area contributed by atoms with Crippen LogP contribution < -0.4 is 16.0 Å². The summed E-state index contributed by atoms with van der Waals surface area (Å²) in [5.74, 6) is -2.01. The van der Waals surface area contributed by atoms with E-state index in [0.717, 1.165) is 18.5 Å². The molecule has 0 radical (unpaired) electrons. The Morgan fingerprint density at radius 1 is 1.12 bits per heavy atom. The topological polar surface area (TPSA) is 148 Å². The minimum atomic E-state index is -6.02. The molecule has 6 N–H and O–H groups in total. The number of nitrogens with two attached hydrogens (primary N) is 1. The molecule has 1 aliphatic carbocycles. The predicted octanol–water partition coefficient (Wildman–Crippen LogP) is 1.79. The number of aromatic nitrogens is 2. The smallest absolute Gasteiger partial charge is 0.389 e. The Hall–Kier alpha value is -3.28. The summed E-state index contributed by atoms with van der Waals surface area (Å²) in [6.07, 6.45) is -11.0. The number of nitrogens with one attached hydrogen (secondary N) is 1. The van der Waals surface area contributed by atoms with Gasteiger partial charge in [-0.1, -0.05) is 24.3 Å². The van der Waals surface area contributed by atoms with Crippen molar-refractivity contribution in [2.24, 2.45) is 5.73 Å². The first-order chi connectivity index (χ1) is 19.5. The summed E-state index contributed by atoms with van der Waals surface area (Å²) in [5.41, 5.74) is -2.77. The van der Waals surface area contributed by atoms with E-state index in [2.05, 4.69) is 15.3 Å². The molecule has 2 heterocycles. The van der Waals surface area contributed by atoms with Gasteiger partial charge < -0.3 is 31.3 Å². The minimum Gasteiger partial charge on any atom is -0.389 e. The van der Waals surface area contributed by atoms with Crippen LogP contribution in [0.3, 0.4) is 0 Å². The van der Waals surface area contributed by atoms with Crippen molar-refractivity contribution in [3.63, 3.8) is 0 Å². The lowest BCUT2D eigenvalue weighted by Crippen LogP contribution is -2.59. The van der Waals surface area contributed by atoms with E-state index in [0.29, 0.717) is 25.0 Å². The van der Waals surface area contributed by atoms with Crippen molar-refractivity contribution in [1.29, 1.82) is 0 Å². The Labute approximate surface area is 235 Å². The van der Waals surface area contributed by atoms with Gasteiger partial charge in [0.2, 0.25) is 11.7 Å². The van der Waals surface area contributed by atoms with Crippen LogP contribution in [-0.4, -0.2) is 92.4 Å². The normalized spacial score (nSPS) is 22.2. The third-order valence-electron chi connectivity index (χ3n) is 7.43. The number of amides is 1. The van der Waals surface area contributed by atoms with Gasteiger partial charge in [-0.25, -0.2) is 9.97 Å². The molecule has 1 aromatic carbocycles. The second-order valence-corrected chi connectivity index (χ2v) is 10.5. The van der Waals surface area contributed by atoms with E-state index in [4.69, 9.17) is 5.73 Å². The van der Waals surface area contributed by atoms with Crippen LogP contribution in [0, 0.1) is 5.82 Å². The van der Waals surface area contributed by atoms with Crippen molar-refractivity contribution in [2.75, 3.05) is 36.4 Å². The van der Waals surface area contributed by atoms with Crippen LogP contribution in [0.1, 0.15) is 30.4 Å². The van der Waals surface area contributed by atoms with Crippen LogP contribution in [0.15, 0.2) is 30.6 Å². The van der Waals surface area contributed by atoms with Gasteiger partial charge in [0.1, 0.15) is 11.9 Å². The van der Waals surface area contributed by atoms with Crippen molar-refractivity contribution in [3.8, 4) is 0 Å². The van der Waals surface area contributed by atoms with Gasteiger partial charge in [0, 0.05) is 37.8 Å². The molecule has 10 nitrogen and oxygen atoms in total. The number of aliphatic hydroxyl groups is 3. The fourth-order valence-corrected chi connectivity index (χ4v) is 4.81. The van der Waals surface area contributed by atoms with Crippen molar-refractivity contribution in [1.82, 2.24) is 14.9 Å². The Kier molecular flexibility index (Phi) is 8.61. The summed E-state index contributed by atoms with van der Waals surface area (Å²) in [5, 5.41) is 33.6. The van der Waals surface area contributed by atoms with E-state index < -0.39 is 46.9 Å². The maximum absolute atomic E-state index is 15.6. The SMILES string of the molecule is NC(=O)CN1CC[C@@](O)(CNc2ncnc(N(Cc3ccc(C(O)(C(F)(F)F)C(F)(F)F)cc3)C3CC3)c2F)[C@H](O)C1. The molecule has 4 rings (SSSR count). The second kappa shape index (κ2) is 11.4. The fraction of sp³-hybridized carbons (Fsp3) is 0.560. The number of aliphatic hydroxyl groups excluding tert-OH is 1. The molecule has 1 saturated heterocycles. The zero-order valence-corrected chi connectivity index (χ0v) is 22.0. The number of hydrogen-bond acceptors (Lipinski definition) is 9. The number of hydrogen-bond donors (Lipinski definition) is 5. The molecular formula is C25H29F7N6O4. The monoisotopic (exact) mass is 610 g/mol. The van der Waals surface area contributed by atoms with E-state index in [1.165, 1.54) is 4.90 Å². The van der Waals surface area contributed by atoms with Gasteiger partial charge in [-0.15, -0.1) is 0 Å². The fourth-order valence-electron chi connectivity index (χ4n) is 4.81. The first kappa shape index (κ1) is 31.7. The number of primary amides is 1. The summed E-state index contributed by atoms with van der Waals surface area (Å²) in [4.78, 5) is 22.0. The van der Waals surface area contributed by atoms with Crippen LogP contribution in [0.2, 0.25) is 0 Å². The largest absolute Gasteiger partial charge is 0.430 e. The maximum atomic E-state index is 15.6. The molecule has 17 heteroatoms. The minimum absolute atomic E-state index is 0.0377. The number of piperidine rings is 1. The Morgan fingerprint density at radius 3 is 2.26 bits per heavy atom. The number of likely N-dealkylation sites (tertiary alicyclic amines) is 1. The molecule has 2 fully saturated rings. The summed E-state index contributed by atoms with van der Waals surface area (Å²) in [6, 6.07) is 2.78. The van der Waals surface area contributed by atoms with E-state index in [-0.39, 0.29) is 62.4 Å². The number of anilines is 2. The molecule has 1 amide bonds. The third-order valence-corrected chi connectivity index (χ3v) is 7.43. The second-order valence-electron chi connectivity index (χ2n) is 10.5. The van der Waals surface area contributed by atoms with Gasteiger partial charge in [0.15, 0.2) is 11.6 Å². The zero-order valence-electron chi connectivity index (χ0n) is 22.0. The highest BCUT2D eigenvalue weighted by Gasteiger charge is 2.71. The van der Waals surface area contributed by atoms with Crippen LogP contribution in [0.4, 0.5) is 42.4 Å². The quantitative estimate of drug-likeness (QED) is 0.254. The van der Waals surface area contributed by atoms with Crippen LogP contribution in [0.25, 0.3) is 0 Å². The van der Waals surface area contributed by atoms with Gasteiger partial charge >= 0.3 is 12.4 Å². The molecule has 1 saturated carbocycles. The number of halogens is 7. The van der Waals surface area contributed by atoms with Crippen molar-refractivity contribution >= 4 is 17.5 Å². The lowest BCUT2D eigenvalue weighted by Gasteiger charge is -2.41. The highest BCUT2D eigenvalue weighted by molar-refractivity contribution is 5.75. The first-order valence-corrected chi connectivity index (χ1v) is 12.8. The molecule has 1 aromatic heterocycles. The molecular weight excluding hydrogens is 581 g/mol. The summed E-state index contributed by atoms with van der Waals surface area (Å²) >= 11 is 0. The van der Waals surface area contributed by atoms with Gasteiger partial charge in [-0.2, -0.15) is 30.7 Å². The third kappa shape index (κ3) is 6.38. The number of alkyl halides is 6. The van der Waals surface area contributed by atoms with Crippen molar-refractivity contribution in [2.45, 2.75) is 61.5 Å². The standard InChI is InChI=1S/C25H29F7N6O4/c26-19-20(34-12-22(41)7-8-37(10-17(22)39)11-18(33)40)35-13-36-21(19)38(16-5-6-16)9-14-1-3-15(4-2-14)23(42,24(27,28)29)25(30,31)32/h1-4,13,16-17,39,41-42H,5-12H2,(H2,33,40)(H,34,35,36)/t17-,22-/m1/s1. The molecule has 0 bridgehead atoms. The molecule has 42 heavy (non-hydrogen) atoms. The Balaban J connectivity index is 1.50. The molecule has 232 valence electrons. The van der Waals surface area contributed by atoms with Crippen molar-refractivity contribution in [3.05, 3.63) is 47.5 Å². The number of rotatable bonds is 10. The molecule has 0 spiro atoms. The summed E-state index contributed by atoms with van der Waals surface area (Å²) in [7, 11) is 0. The number of β-amino-alcohol motifs (C(OH)–C–C–N with tert-alkyl or cyclic N) is 1. The van der Waals surface area contributed by atoms with E-state index in [1.807, 2.05) is 0 Å². The number of benzene rings is 1. The number of carbonyl (C=O) groups excluding carboxylic acids is 1. The van der Waals surface area contributed by atoms with Crippen LogP contribution in [-0.2, 0) is 16.9 Å². The molecule has 2 aliphatic rings. The molecule has 2 aromatic rings. The summed E-state index contributed by atoms with van der Waals surface area (Å²) < 4.78 is 94.9. The van der Waals surface area contributed by atoms with Crippen molar-refractivity contribution < 1.29 is 50.8 Å². The van der Waals surface area contributed by atoms with Crippen LogP contribution >= 0.6 is 0 Å². The van der Waals surface area contributed by atoms with E-state index >= 15 is 4.39 Å². The van der Waals surface area contributed by atoms with Gasteiger partial charge in [0.05, 0.1) is 12.6 Å². The average molecular weight is 611 g/mol. The van der Waals surface area contributed by atoms with E-state index in [1.54, 1.807) is 4.90 Å². The molecule has 2 atom stereocenters. The summed E-state index contributed by atoms with van der Waals surface area (Å²) in [6.45, 7) is -0.343. The maximum Gasteiger partial charge on any atom is 0.430 e. The zero-order chi connectivity index (χ0) is 31.1. The van der Waals surface area contributed by atoms with Gasteiger partial charge in [-0.3, -0.25) is 9.69 Å². The first-order valence-electron chi connectivity index (χ1n) is 12.8. The van der Waals surface area contributed by atoms with Crippen LogP contribution in [0.5, 0.6) is 0 Å². The number of carbonyl (C=O) groups is 1. The Morgan fingerprint density at radius 2 is 1.74 bits per heavy atom. The predicted molar refractivity (Wildman–Crippen MR) is 133 cm³/mol. The van der Waals surface area contributed by atoms with Gasteiger partial charge in [0.25, 0.3) is 5.60 Å². The lowest BCUT2D eigenvalue weighted by atomic mass is 9.88. The average Bonchev–Trinajstić information content (AvgIpc) is 3.73. The lowest BCUT2D eigenvalue weighted by molar-refractivity contribution is -0.376.